The second-order valence-corrected chi connectivity index (χ2v) is 3.40. The Kier molecular flexibility index (Phi) is 3.27. The molecular formula is C13H12BO2. The highest BCUT2D eigenvalue weighted by Gasteiger charge is 2.13. The summed E-state index contributed by atoms with van der Waals surface area (Å²) in [5.41, 5.74) is 2.25. The topological polar surface area (TPSA) is 18.5 Å². The van der Waals surface area contributed by atoms with Crippen LogP contribution in [0.2, 0.25) is 0 Å². The third-order valence-electron chi connectivity index (χ3n) is 2.28. The van der Waals surface area contributed by atoms with Gasteiger partial charge < -0.3 is 9.39 Å². The SMILES string of the molecule is C=C/C=C(\C=C)Oc1ccc2c(c1)CO[B]2. The van der Waals surface area contributed by atoms with Crippen LogP contribution in [0.4, 0.5) is 0 Å². The summed E-state index contributed by atoms with van der Waals surface area (Å²) >= 11 is 0. The molecule has 2 nitrogen and oxygen atoms in total. The van der Waals surface area contributed by atoms with Crippen molar-refractivity contribution in [3.05, 3.63) is 60.9 Å². The second-order valence-electron chi connectivity index (χ2n) is 3.40. The van der Waals surface area contributed by atoms with E-state index in [1.165, 1.54) is 0 Å². The molecule has 0 fully saturated rings. The van der Waals surface area contributed by atoms with Gasteiger partial charge in [0.1, 0.15) is 11.5 Å². The average Bonchev–Trinajstić information content (AvgIpc) is 2.75. The van der Waals surface area contributed by atoms with E-state index in [0.717, 1.165) is 16.8 Å². The Morgan fingerprint density at radius 2 is 2.31 bits per heavy atom. The van der Waals surface area contributed by atoms with E-state index in [2.05, 4.69) is 13.2 Å². The van der Waals surface area contributed by atoms with E-state index in [4.69, 9.17) is 9.39 Å². The number of allylic oxidation sites excluding steroid dienone is 3. The smallest absolute Gasteiger partial charge is 0.330 e. The van der Waals surface area contributed by atoms with E-state index in [1.807, 2.05) is 18.2 Å². The van der Waals surface area contributed by atoms with Gasteiger partial charge in [0.2, 0.25) is 0 Å². The summed E-state index contributed by atoms with van der Waals surface area (Å²) in [6.45, 7) is 7.91. The fraction of sp³-hybridized carbons (Fsp3) is 0.0769. The zero-order valence-corrected chi connectivity index (χ0v) is 8.98. The molecule has 1 aliphatic heterocycles. The van der Waals surface area contributed by atoms with Gasteiger partial charge in [-0.05, 0) is 35.3 Å². The molecule has 1 aromatic carbocycles. The molecule has 16 heavy (non-hydrogen) atoms. The van der Waals surface area contributed by atoms with Crippen molar-refractivity contribution in [3.63, 3.8) is 0 Å². The first-order valence-electron chi connectivity index (χ1n) is 5.04. The summed E-state index contributed by atoms with van der Waals surface area (Å²) in [5.74, 6) is 1.46. The average molecular weight is 211 g/mol. The van der Waals surface area contributed by atoms with Gasteiger partial charge in [-0.1, -0.05) is 25.3 Å². The number of hydrogen-bond acceptors (Lipinski definition) is 2. The fourth-order valence-corrected chi connectivity index (χ4v) is 1.50. The van der Waals surface area contributed by atoms with Gasteiger partial charge in [-0.3, -0.25) is 0 Å². The van der Waals surface area contributed by atoms with Crippen LogP contribution in [0.25, 0.3) is 0 Å². The minimum atomic E-state index is 0.612. The van der Waals surface area contributed by atoms with E-state index in [9.17, 15) is 0 Å². The maximum Gasteiger partial charge on any atom is 0.330 e. The normalized spacial score (nSPS) is 13.9. The molecule has 1 heterocycles. The van der Waals surface area contributed by atoms with E-state index in [-0.39, 0.29) is 0 Å². The minimum Gasteiger partial charge on any atom is -0.457 e. The van der Waals surface area contributed by atoms with E-state index < -0.39 is 0 Å². The van der Waals surface area contributed by atoms with Crippen LogP contribution >= 0.6 is 0 Å². The Balaban J connectivity index is 2.19. The largest absolute Gasteiger partial charge is 0.457 e. The maximum atomic E-state index is 5.63. The summed E-state index contributed by atoms with van der Waals surface area (Å²) in [6.07, 6.45) is 5.08. The van der Waals surface area contributed by atoms with Crippen molar-refractivity contribution in [2.75, 3.05) is 0 Å². The third kappa shape index (κ3) is 2.26. The lowest BCUT2D eigenvalue weighted by Crippen LogP contribution is -2.10. The minimum absolute atomic E-state index is 0.612. The van der Waals surface area contributed by atoms with E-state index >= 15 is 0 Å². The van der Waals surface area contributed by atoms with Gasteiger partial charge in [0.15, 0.2) is 0 Å². The Morgan fingerprint density at radius 3 is 3.06 bits per heavy atom. The molecule has 79 valence electrons. The molecule has 3 heteroatoms. The van der Waals surface area contributed by atoms with Gasteiger partial charge in [-0.2, -0.15) is 0 Å². The van der Waals surface area contributed by atoms with Crippen molar-refractivity contribution in [1.29, 1.82) is 0 Å². The molecule has 1 aromatic rings. The number of fused-ring (bicyclic) bond motifs is 1. The van der Waals surface area contributed by atoms with Crippen molar-refractivity contribution < 1.29 is 9.39 Å². The van der Waals surface area contributed by atoms with Gasteiger partial charge in [-0.25, -0.2) is 0 Å². The lowest BCUT2D eigenvalue weighted by Gasteiger charge is -2.07. The Labute approximate surface area is 96.2 Å². The van der Waals surface area contributed by atoms with Gasteiger partial charge in [0, 0.05) is 0 Å². The van der Waals surface area contributed by atoms with Crippen LogP contribution in [0, 0.1) is 0 Å². The molecule has 2 rings (SSSR count). The van der Waals surface area contributed by atoms with Crippen molar-refractivity contribution >= 4 is 12.9 Å². The van der Waals surface area contributed by atoms with Crippen LogP contribution < -0.4 is 10.2 Å². The highest BCUT2D eigenvalue weighted by molar-refractivity contribution is 6.48. The monoisotopic (exact) mass is 211 g/mol. The zero-order chi connectivity index (χ0) is 11.4. The van der Waals surface area contributed by atoms with Crippen molar-refractivity contribution in [2.24, 2.45) is 0 Å². The summed E-state index contributed by atoms with van der Waals surface area (Å²) < 4.78 is 10.8. The number of benzene rings is 1. The van der Waals surface area contributed by atoms with Gasteiger partial charge in [0.25, 0.3) is 0 Å². The lowest BCUT2D eigenvalue weighted by molar-refractivity contribution is 0.344. The highest BCUT2D eigenvalue weighted by atomic mass is 16.5. The molecule has 0 atom stereocenters. The number of rotatable bonds is 4. The van der Waals surface area contributed by atoms with Gasteiger partial charge in [0.05, 0.1) is 6.61 Å². The summed E-state index contributed by atoms with van der Waals surface area (Å²) in [5, 5.41) is 0. The molecule has 0 amide bonds. The standard InChI is InChI=1S/C13H12BO2/c1-3-5-11(4-2)16-12-6-7-13-10(8-12)9-15-14-13/h3-8H,1-2,9H2/b11-5+. The zero-order valence-electron chi connectivity index (χ0n) is 8.98. The van der Waals surface area contributed by atoms with E-state index in [0.29, 0.717) is 12.4 Å². The maximum absolute atomic E-state index is 5.63. The fourth-order valence-electron chi connectivity index (χ4n) is 1.50. The lowest BCUT2D eigenvalue weighted by atomic mass is 9.87. The predicted octanol–water partition coefficient (Wildman–Crippen LogP) is 2.10. The second kappa shape index (κ2) is 4.86. The quantitative estimate of drug-likeness (QED) is 0.431. The number of ether oxygens (including phenoxy) is 1. The van der Waals surface area contributed by atoms with Crippen molar-refractivity contribution in [2.45, 2.75) is 6.61 Å². The van der Waals surface area contributed by atoms with Crippen LogP contribution in [-0.4, -0.2) is 7.48 Å². The molecular weight excluding hydrogens is 199 g/mol. The third-order valence-corrected chi connectivity index (χ3v) is 2.28. The first kappa shape index (κ1) is 10.8. The molecule has 1 aliphatic rings. The Morgan fingerprint density at radius 1 is 1.44 bits per heavy atom. The van der Waals surface area contributed by atoms with Crippen LogP contribution in [-0.2, 0) is 11.3 Å². The number of hydrogen-bond donors (Lipinski definition) is 0. The molecule has 0 saturated carbocycles. The molecule has 0 bridgehead atoms. The van der Waals surface area contributed by atoms with Crippen LogP contribution in [0.15, 0.2) is 55.3 Å². The highest BCUT2D eigenvalue weighted by Crippen LogP contribution is 2.18. The molecule has 0 N–H and O–H groups in total. The Hall–Kier alpha value is -1.74. The first-order valence-corrected chi connectivity index (χ1v) is 5.04. The Bertz CT molecular complexity index is 449. The molecule has 0 spiro atoms. The predicted molar refractivity (Wildman–Crippen MR) is 65.7 cm³/mol. The van der Waals surface area contributed by atoms with Gasteiger partial charge >= 0.3 is 7.48 Å². The van der Waals surface area contributed by atoms with Crippen molar-refractivity contribution in [3.8, 4) is 5.75 Å². The molecule has 1 radical (unpaired) electrons. The van der Waals surface area contributed by atoms with Crippen LogP contribution in [0.3, 0.4) is 0 Å². The molecule has 0 saturated heterocycles. The summed E-state index contributed by atoms with van der Waals surface area (Å²) in [7, 11) is 1.76. The summed E-state index contributed by atoms with van der Waals surface area (Å²) in [4.78, 5) is 0. The van der Waals surface area contributed by atoms with Gasteiger partial charge in [-0.15, -0.1) is 0 Å². The summed E-state index contributed by atoms with van der Waals surface area (Å²) in [6, 6.07) is 5.86. The van der Waals surface area contributed by atoms with E-state index in [1.54, 1.807) is 25.7 Å². The molecule has 0 aliphatic carbocycles. The van der Waals surface area contributed by atoms with Crippen LogP contribution in [0.5, 0.6) is 5.75 Å². The molecule has 0 unspecified atom stereocenters. The first-order chi connectivity index (χ1) is 7.83. The van der Waals surface area contributed by atoms with Crippen molar-refractivity contribution in [1.82, 2.24) is 0 Å². The van der Waals surface area contributed by atoms with Crippen LogP contribution in [0.1, 0.15) is 5.56 Å². The molecule has 0 aromatic heterocycles.